The maximum absolute atomic E-state index is 12.3. The second-order valence-corrected chi connectivity index (χ2v) is 7.02. The van der Waals surface area contributed by atoms with Crippen LogP contribution < -0.4 is 4.74 Å². The third-order valence-corrected chi connectivity index (χ3v) is 4.94. The Balaban J connectivity index is 1.49. The van der Waals surface area contributed by atoms with E-state index in [9.17, 15) is 14.7 Å². The Morgan fingerprint density at radius 3 is 2.70 bits per heavy atom. The summed E-state index contributed by atoms with van der Waals surface area (Å²) in [4.78, 5) is 29.5. The number of carbonyl (C=O) groups is 2. The molecule has 1 aromatic heterocycles. The molecule has 3 rings (SSSR count). The van der Waals surface area contributed by atoms with Crippen LogP contribution in [0.2, 0.25) is 0 Å². The van der Waals surface area contributed by atoms with Crippen molar-refractivity contribution in [2.45, 2.75) is 32.6 Å². The number of benzene rings is 1. The lowest BCUT2D eigenvalue weighted by Gasteiger charge is -2.20. The molecule has 27 heavy (non-hydrogen) atoms. The van der Waals surface area contributed by atoms with E-state index in [-0.39, 0.29) is 12.5 Å². The number of aryl methyl sites for hydroxylation is 1. The minimum absolute atomic E-state index is 0.0325. The number of methoxy groups -OCH3 is 1. The molecule has 0 bridgehead atoms. The molecule has 8 nitrogen and oxygen atoms in total. The van der Waals surface area contributed by atoms with Gasteiger partial charge in [0.05, 0.1) is 12.5 Å². The minimum Gasteiger partial charge on any atom is -0.497 e. The number of aliphatic carboxylic acids is 1. The van der Waals surface area contributed by atoms with Crippen molar-refractivity contribution in [1.29, 1.82) is 0 Å². The Labute approximate surface area is 157 Å². The van der Waals surface area contributed by atoms with Crippen LogP contribution in [0.3, 0.4) is 0 Å². The number of ether oxygens (including phenoxy) is 1. The van der Waals surface area contributed by atoms with Gasteiger partial charge in [-0.05, 0) is 44.0 Å². The van der Waals surface area contributed by atoms with E-state index < -0.39 is 11.4 Å². The summed E-state index contributed by atoms with van der Waals surface area (Å²) in [5.41, 5.74) is -0.0121. The minimum atomic E-state index is -0.852. The number of rotatable bonds is 7. The fraction of sp³-hybridized carbons (Fsp3) is 0.474. The van der Waals surface area contributed by atoms with Crippen molar-refractivity contribution in [2.75, 3.05) is 20.2 Å². The zero-order chi connectivity index (χ0) is 19.4. The van der Waals surface area contributed by atoms with Crippen LogP contribution in [-0.2, 0) is 16.0 Å². The Hall–Kier alpha value is -2.90. The van der Waals surface area contributed by atoms with Crippen molar-refractivity contribution >= 4 is 11.9 Å². The van der Waals surface area contributed by atoms with E-state index in [0.717, 1.165) is 11.3 Å². The van der Waals surface area contributed by atoms with Gasteiger partial charge in [-0.3, -0.25) is 9.59 Å². The van der Waals surface area contributed by atoms with Crippen molar-refractivity contribution in [3.05, 3.63) is 30.2 Å². The van der Waals surface area contributed by atoms with Crippen LogP contribution in [0.15, 0.2) is 28.8 Å². The molecule has 1 aromatic carbocycles. The molecule has 1 fully saturated rings. The first-order chi connectivity index (χ1) is 12.9. The summed E-state index contributed by atoms with van der Waals surface area (Å²) in [6.45, 7) is 2.44. The first kappa shape index (κ1) is 18.9. The van der Waals surface area contributed by atoms with Gasteiger partial charge in [-0.1, -0.05) is 5.16 Å². The number of aromatic nitrogens is 2. The Morgan fingerprint density at radius 1 is 1.33 bits per heavy atom. The molecule has 1 aliphatic rings. The molecule has 2 heterocycles. The van der Waals surface area contributed by atoms with E-state index in [4.69, 9.17) is 9.26 Å². The van der Waals surface area contributed by atoms with Gasteiger partial charge in [0.25, 0.3) is 0 Å². The van der Waals surface area contributed by atoms with Gasteiger partial charge in [-0.2, -0.15) is 4.98 Å². The van der Waals surface area contributed by atoms with Gasteiger partial charge in [0, 0.05) is 31.5 Å². The predicted octanol–water partition coefficient (Wildman–Crippen LogP) is 2.39. The fourth-order valence-electron chi connectivity index (χ4n) is 3.11. The van der Waals surface area contributed by atoms with Crippen LogP contribution in [0.5, 0.6) is 5.75 Å². The highest BCUT2D eigenvalue weighted by atomic mass is 16.5. The molecule has 144 valence electrons. The number of hydrogen-bond acceptors (Lipinski definition) is 6. The van der Waals surface area contributed by atoms with Gasteiger partial charge in [0.15, 0.2) is 0 Å². The van der Waals surface area contributed by atoms with Crippen LogP contribution in [0.25, 0.3) is 11.4 Å². The van der Waals surface area contributed by atoms with E-state index in [0.29, 0.717) is 43.9 Å². The number of hydrogen-bond donors (Lipinski definition) is 1. The summed E-state index contributed by atoms with van der Waals surface area (Å²) < 4.78 is 10.4. The molecule has 1 aliphatic heterocycles. The first-order valence-corrected chi connectivity index (χ1v) is 8.89. The third-order valence-electron chi connectivity index (χ3n) is 4.94. The molecule has 1 atom stereocenters. The predicted molar refractivity (Wildman–Crippen MR) is 96.2 cm³/mol. The lowest BCUT2D eigenvalue weighted by Crippen LogP contribution is -2.34. The average Bonchev–Trinajstić information content (AvgIpc) is 3.30. The maximum atomic E-state index is 12.3. The van der Waals surface area contributed by atoms with Gasteiger partial charge in [0.1, 0.15) is 5.75 Å². The maximum Gasteiger partial charge on any atom is 0.311 e. The highest BCUT2D eigenvalue weighted by Crippen LogP contribution is 2.30. The van der Waals surface area contributed by atoms with Crippen LogP contribution in [0, 0.1) is 5.41 Å². The quantitative estimate of drug-likeness (QED) is 0.794. The lowest BCUT2D eigenvalue weighted by molar-refractivity contribution is -0.147. The van der Waals surface area contributed by atoms with Gasteiger partial charge in [-0.25, -0.2) is 0 Å². The summed E-state index contributed by atoms with van der Waals surface area (Å²) >= 11 is 0. The zero-order valence-electron chi connectivity index (χ0n) is 15.5. The van der Waals surface area contributed by atoms with Gasteiger partial charge in [-0.15, -0.1) is 0 Å². The average molecular weight is 373 g/mol. The van der Waals surface area contributed by atoms with Crippen molar-refractivity contribution < 1.29 is 24.0 Å². The molecule has 1 saturated heterocycles. The Morgan fingerprint density at radius 2 is 2.07 bits per heavy atom. The molecule has 2 aromatic rings. The Bertz CT molecular complexity index is 817. The van der Waals surface area contributed by atoms with Crippen LogP contribution in [0.1, 0.15) is 32.1 Å². The van der Waals surface area contributed by atoms with E-state index in [1.807, 2.05) is 24.3 Å². The van der Waals surface area contributed by atoms with Gasteiger partial charge >= 0.3 is 5.97 Å². The molecule has 1 N–H and O–H groups in total. The van der Waals surface area contributed by atoms with Crippen molar-refractivity contribution in [1.82, 2.24) is 15.0 Å². The van der Waals surface area contributed by atoms with Crippen molar-refractivity contribution in [3.8, 4) is 17.1 Å². The summed E-state index contributed by atoms with van der Waals surface area (Å²) in [5.74, 6) is 0.840. The number of carboxylic acid groups (broad SMARTS) is 1. The molecule has 0 saturated carbocycles. The molecule has 1 amide bonds. The molecular formula is C19H23N3O5. The number of carboxylic acids is 1. The van der Waals surface area contributed by atoms with E-state index in [1.165, 1.54) is 0 Å². The summed E-state index contributed by atoms with van der Waals surface area (Å²) in [6, 6.07) is 7.35. The highest BCUT2D eigenvalue weighted by molar-refractivity contribution is 5.80. The van der Waals surface area contributed by atoms with Crippen LogP contribution >= 0.6 is 0 Å². The topological polar surface area (TPSA) is 106 Å². The largest absolute Gasteiger partial charge is 0.497 e. The lowest BCUT2D eigenvalue weighted by atomic mass is 9.90. The fourth-order valence-corrected chi connectivity index (χ4v) is 3.11. The highest BCUT2D eigenvalue weighted by Gasteiger charge is 2.41. The molecule has 8 heteroatoms. The molecule has 0 radical (unpaired) electrons. The van der Waals surface area contributed by atoms with Gasteiger partial charge in [0.2, 0.25) is 17.6 Å². The number of likely N-dealkylation sites (tertiary alicyclic amines) is 1. The van der Waals surface area contributed by atoms with E-state index in [1.54, 1.807) is 18.9 Å². The normalized spacial score (nSPS) is 19.3. The third kappa shape index (κ3) is 4.27. The van der Waals surface area contributed by atoms with Crippen LogP contribution in [0.4, 0.5) is 0 Å². The number of amides is 1. The number of carbonyl (C=O) groups excluding carboxylic acids is 1. The Kier molecular flexibility index (Phi) is 5.43. The molecule has 0 unspecified atom stereocenters. The monoisotopic (exact) mass is 373 g/mol. The van der Waals surface area contributed by atoms with Crippen LogP contribution in [-0.4, -0.2) is 52.2 Å². The summed E-state index contributed by atoms with van der Waals surface area (Å²) in [5, 5.41) is 13.2. The summed E-state index contributed by atoms with van der Waals surface area (Å²) in [6.07, 6.45) is 1.89. The number of nitrogens with zero attached hydrogens (tertiary/aromatic N) is 3. The smallest absolute Gasteiger partial charge is 0.311 e. The second kappa shape index (κ2) is 7.77. The van der Waals surface area contributed by atoms with Crippen molar-refractivity contribution in [2.24, 2.45) is 5.41 Å². The standard InChI is InChI=1S/C19H23N3O5/c1-19(18(24)25)10-11-22(12-19)16(23)5-3-4-15-20-17(21-27-15)13-6-8-14(26-2)9-7-13/h6-9H,3-5,10-12H2,1-2H3,(H,24,25)/t19-/m1/s1. The zero-order valence-corrected chi connectivity index (χ0v) is 15.5. The van der Waals surface area contributed by atoms with E-state index >= 15 is 0 Å². The molecule has 0 aliphatic carbocycles. The molecular weight excluding hydrogens is 350 g/mol. The first-order valence-electron chi connectivity index (χ1n) is 8.89. The summed E-state index contributed by atoms with van der Waals surface area (Å²) in [7, 11) is 1.60. The molecule has 0 spiro atoms. The SMILES string of the molecule is COc1ccc(-c2noc(CCCC(=O)N3CC[C@@](C)(C(=O)O)C3)n2)cc1. The van der Waals surface area contributed by atoms with Gasteiger partial charge < -0.3 is 19.3 Å². The van der Waals surface area contributed by atoms with E-state index in [2.05, 4.69) is 10.1 Å². The van der Waals surface area contributed by atoms with Crippen molar-refractivity contribution in [3.63, 3.8) is 0 Å². The second-order valence-electron chi connectivity index (χ2n) is 7.02.